The Labute approximate surface area is 188 Å². The molecule has 1 saturated carbocycles. The number of benzene rings is 2. The molecule has 1 fully saturated rings. The lowest BCUT2D eigenvalue weighted by atomic mass is 10.0. The van der Waals surface area contributed by atoms with Crippen LogP contribution >= 0.6 is 27.5 Å². The summed E-state index contributed by atoms with van der Waals surface area (Å²) in [5.41, 5.74) is -0.564. The van der Waals surface area contributed by atoms with Crippen LogP contribution in [-0.4, -0.2) is 28.9 Å². The maximum atomic E-state index is 13.0. The molecule has 0 unspecified atom stereocenters. The number of hydrogen-bond donors (Lipinski definition) is 2. The van der Waals surface area contributed by atoms with Crippen molar-refractivity contribution >= 4 is 51.0 Å². The van der Waals surface area contributed by atoms with Gasteiger partial charge in [0.15, 0.2) is 5.78 Å². The first-order valence-electron chi connectivity index (χ1n) is 9.42. The van der Waals surface area contributed by atoms with E-state index in [4.69, 9.17) is 16.3 Å². The molecule has 158 valence electrons. The number of carbonyl (C=O) groups is 3. The molecule has 0 saturated heterocycles. The fourth-order valence-electron chi connectivity index (χ4n) is 2.84. The first-order chi connectivity index (χ1) is 14.0. The summed E-state index contributed by atoms with van der Waals surface area (Å²) in [7, 11) is 0. The fourth-order valence-corrected chi connectivity index (χ4v) is 3.33. The number of hydrogen-bond acceptors (Lipinski definition) is 4. The van der Waals surface area contributed by atoms with E-state index in [2.05, 4.69) is 26.6 Å². The van der Waals surface area contributed by atoms with Gasteiger partial charge in [0, 0.05) is 20.6 Å². The Morgan fingerprint density at radius 1 is 1.07 bits per heavy atom. The highest BCUT2D eigenvalue weighted by molar-refractivity contribution is 9.10. The number of alkyl carbamates (subject to hydrolysis) is 1. The van der Waals surface area contributed by atoms with Gasteiger partial charge in [0.05, 0.1) is 5.69 Å². The second-order valence-corrected chi connectivity index (χ2v) is 9.54. The Hall–Kier alpha value is -2.38. The number of rotatable bonds is 5. The Kier molecular flexibility index (Phi) is 6.24. The number of nitrogens with one attached hydrogen (secondary N) is 2. The molecule has 0 bridgehead atoms. The molecular weight excluding hydrogens is 472 g/mol. The lowest BCUT2D eigenvalue weighted by molar-refractivity contribution is -0.119. The monoisotopic (exact) mass is 492 g/mol. The van der Waals surface area contributed by atoms with Gasteiger partial charge in [-0.3, -0.25) is 9.59 Å². The van der Waals surface area contributed by atoms with Gasteiger partial charge in [-0.1, -0.05) is 27.5 Å². The molecule has 2 aromatic carbocycles. The minimum Gasteiger partial charge on any atom is -0.444 e. The van der Waals surface area contributed by atoms with Gasteiger partial charge in [-0.2, -0.15) is 0 Å². The van der Waals surface area contributed by atoms with Gasteiger partial charge >= 0.3 is 6.09 Å². The maximum absolute atomic E-state index is 13.0. The van der Waals surface area contributed by atoms with E-state index in [1.807, 2.05) is 0 Å². The largest absolute Gasteiger partial charge is 0.444 e. The van der Waals surface area contributed by atoms with Crippen molar-refractivity contribution in [3.05, 3.63) is 63.1 Å². The molecule has 0 spiro atoms. The molecule has 2 aromatic rings. The van der Waals surface area contributed by atoms with E-state index in [0.717, 1.165) is 0 Å². The molecule has 2 amide bonds. The van der Waals surface area contributed by atoms with Crippen LogP contribution in [0.4, 0.5) is 10.5 Å². The number of ketones is 1. The van der Waals surface area contributed by atoms with Gasteiger partial charge in [0.25, 0.3) is 0 Å². The average molecular weight is 494 g/mol. The number of ether oxygens (including phenoxy) is 1. The lowest BCUT2D eigenvalue weighted by Gasteiger charge is -2.23. The normalized spacial score (nSPS) is 14.6. The number of anilines is 1. The second-order valence-electron chi connectivity index (χ2n) is 8.19. The predicted octanol–water partition coefficient (Wildman–Crippen LogP) is 5.33. The van der Waals surface area contributed by atoms with Crippen LogP contribution in [0.15, 0.2) is 46.9 Å². The molecule has 0 radical (unpaired) electrons. The fraction of sp³-hybridized carbons (Fsp3) is 0.318. The van der Waals surface area contributed by atoms with Crippen molar-refractivity contribution in [2.45, 2.75) is 44.8 Å². The van der Waals surface area contributed by atoms with Gasteiger partial charge in [0.1, 0.15) is 11.1 Å². The third kappa shape index (κ3) is 5.40. The van der Waals surface area contributed by atoms with Gasteiger partial charge in [-0.25, -0.2) is 4.79 Å². The van der Waals surface area contributed by atoms with Crippen molar-refractivity contribution in [2.75, 3.05) is 5.32 Å². The number of amides is 2. The molecule has 0 atom stereocenters. The molecule has 0 heterocycles. The average Bonchev–Trinajstić information content (AvgIpc) is 3.42. The van der Waals surface area contributed by atoms with Gasteiger partial charge in [-0.15, -0.1) is 0 Å². The van der Waals surface area contributed by atoms with E-state index in [1.165, 1.54) is 0 Å². The molecule has 30 heavy (non-hydrogen) atoms. The van der Waals surface area contributed by atoms with Crippen LogP contribution in [0, 0.1) is 0 Å². The van der Waals surface area contributed by atoms with Crippen LogP contribution < -0.4 is 10.6 Å². The van der Waals surface area contributed by atoms with Crippen LogP contribution in [-0.2, 0) is 9.53 Å². The van der Waals surface area contributed by atoms with Crippen LogP contribution in [0.5, 0.6) is 0 Å². The van der Waals surface area contributed by atoms with Crippen molar-refractivity contribution in [2.24, 2.45) is 0 Å². The van der Waals surface area contributed by atoms with Gasteiger partial charge in [-0.05, 0) is 76.1 Å². The summed E-state index contributed by atoms with van der Waals surface area (Å²) in [5.74, 6) is -0.644. The Morgan fingerprint density at radius 2 is 1.70 bits per heavy atom. The SMILES string of the molecule is CC(C)(C)OC(=O)NC1(C(=O)Nc2ccc(Br)cc2C(=O)c2ccc(Cl)cc2)CC1. The summed E-state index contributed by atoms with van der Waals surface area (Å²) < 4.78 is 5.96. The topological polar surface area (TPSA) is 84.5 Å². The van der Waals surface area contributed by atoms with E-state index in [-0.39, 0.29) is 11.7 Å². The number of carbonyl (C=O) groups excluding carboxylic acids is 3. The van der Waals surface area contributed by atoms with Crippen LogP contribution in [0.3, 0.4) is 0 Å². The summed E-state index contributed by atoms with van der Waals surface area (Å²) in [6, 6.07) is 11.6. The van der Waals surface area contributed by atoms with E-state index in [0.29, 0.717) is 39.2 Å². The summed E-state index contributed by atoms with van der Waals surface area (Å²) in [6.07, 6.45) is 0.341. The van der Waals surface area contributed by atoms with Crippen molar-refractivity contribution in [3.63, 3.8) is 0 Å². The molecule has 2 N–H and O–H groups in total. The standard InChI is InChI=1S/C22H22BrClN2O4/c1-21(2,3)30-20(29)26-22(10-11-22)19(28)25-17-9-6-14(23)12-16(17)18(27)13-4-7-15(24)8-5-13/h4-9,12H,10-11H2,1-3H3,(H,25,28)(H,26,29). The van der Waals surface area contributed by atoms with Crippen LogP contribution in [0.2, 0.25) is 5.02 Å². The zero-order valence-electron chi connectivity index (χ0n) is 16.8. The Bertz CT molecular complexity index is 995. The molecule has 1 aliphatic rings. The van der Waals surface area contributed by atoms with Crippen molar-refractivity contribution in [1.29, 1.82) is 0 Å². The van der Waals surface area contributed by atoms with Crippen molar-refractivity contribution in [1.82, 2.24) is 5.32 Å². The van der Waals surface area contributed by atoms with Crippen molar-refractivity contribution < 1.29 is 19.1 Å². The molecule has 6 nitrogen and oxygen atoms in total. The molecule has 3 rings (SSSR count). The highest BCUT2D eigenvalue weighted by Crippen LogP contribution is 2.37. The van der Waals surface area contributed by atoms with Crippen LogP contribution in [0.25, 0.3) is 0 Å². The zero-order valence-corrected chi connectivity index (χ0v) is 19.2. The van der Waals surface area contributed by atoms with Crippen LogP contribution in [0.1, 0.15) is 49.5 Å². The van der Waals surface area contributed by atoms with E-state index in [9.17, 15) is 14.4 Å². The first kappa shape index (κ1) is 22.3. The number of halogens is 2. The maximum Gasteiger partial charge on any atom is 0.408 e. The minimum atomic E-state index is -1.03. The predicted molar refractivity (Wildman–Crippen MR) is 119 cm³/mol. The summed E-state index contributed by atoms with van der Waals surface area (Å²) in [4.78, 5) is 38.0. The Balaban J connectivity index is 1.80. The van der Waals surface area contributed by atoms with E-state index in [1.54, 1.807) is 63.2 Å². The van der Waals surface area contributed by atoms with E-state index >= 15 is 0 Å². The highest BCUT2D eigenvalue weighted by Gasteiger charge is 2.52. The molecular formula is C22H22BrClN2O4. The summed E-state index contributed by atoms with van der Waals surface area (Å²) in [6.45, 7) is 5.26. The van der Waals surface area contributed by atoms with Gasteiger partial charge < -0.3 is 15.4 Å². The zero-order chi connectivity index (χ0) is 22.1. The third-order valence-electron chi connectivity index (χ3n) is 4.51. The second kappa shape index (κ2) is 8.40. The first-order valence-corrected chi connectivity index (χ1v) is 10.6. The molecule has 1 aliphatic carbocycles. The molecule has 8 heteroatoms. The van der Waals surface area contributed by atoms with E-state index < -0.39 is 17.2 Å². The summed E-state index contributed by atoms with van der Waals surface area (Å²) >= 11 is 9.27. The van der Waals surface area contributed by atoms with Crippen molar-refractivity contribution in [3.8, 4) is 0 Å². The smallest absolute Gasteiger partial charge is 0.408 e. The Morgan fingerprint density at radius 3 is 2.27 bits per heavy atom. The van der Waals surface area contributed by atoms with Gasteiger partial charge in [0.2, 0.25) is 5.91 Å². The highest BCUT2D eigenvalue weighted by atomic mass is 79.9. The quantitative estimate of drug-likeness (QED) is 0.551. The lowest BCUT2D eigenvalue weighted by Crippen LogP contribution is -2.48. The molecule has 0 aromatic heterocycles. The summed E-state index contributed by atoms with van der Waals surface area (Å²) in [5, 5.41) is 5.98. The minimum absolute atomic E-state index is 0.256. The molecule has 0 aliphatic heterocycles. The third-order valence-corrected chi connectivity index (χ3v) is 5.25.